The first-order valence-electron chi connectivity index (χ1n) is 12.0. The molecule has 1 N–H and O–H groups in total. The fourth-order valence-corrected chi connectivity index (χ4v) is 4.73. The van der Waals surface area contributed by atoms with E-state index in [1.54, 1.807) is 7.11 Å². The summed E-state index contributed by atoms with van der Waals surface area (Å²) in [6.45, 7) is 6.51. The molecule has 9 nitrogen and oxygen atoms in total. The second-order valence-electron chi connectivity index (χ2n) is 8.83. The van der Waals surface area contributed by atoms with Crippen LogP contribution in [0.5, 0.6) is 5.75 Å². The van der Waals surface area contributed by atoms with Crippen molar-refractivity contribution in [3.05, 3.63) is 70.3 Å². The average Bonchev–Trinajstić information content (AvgIpc) is 3.22. The van der Waals surface area contributed by atoms with Gasteiger partial charge in [-0.2, -0.15) is 0 Å². The van der Waals surface area contributed by atoms with Crippen LogP contribution in [-0.4, -0.2) is 77.8 Å². The van der Waals surface area contributed by atoms with Crippen molar-refractivity contribution in [2.24, 2.45) is 4.99 Å². The highest BCUT2D eigenvalue weighted by atomic mass is 35.5. The van der Waals surface area contributed by atoms with Gasteiger partial charge in [0.25, 0.3) is 0 Å². The Labute approximate surface area is 215 Å². The van der Waals surface area contributed by atoms with Crippen LogP contribution in [0.3, 0.4) is 0 Å². The van der Waals surface area contributed by atoms with Crippen molar-refractivity contribution in [3.8, 4) is 11.4 Å². The summed E-state index contributed by atoms with van der Waals surface area (Å²) >= 11 is 6.16. The van der Waals surface area contributed by atoms with Gasteiger partial charge in [0.05, 0.1) is 38.1 Å². The van der Waals surface area contributed by atoms with Crippen LogP contribution < -0.4 is 10.1 Å². The van der Waals surface area contributed by atoms with E-state index in [2.05, 4.69) is 20.4 Å². The number of hydrogen-bond donors (Lipinski definition) is 1. The molecule has 36 heavy (non-hydrogen) atoms. The fourth-order valence-electron chi connectivity index (χ4n) is 4.60. The number of fused-ring (bicyclic) bond motifs is 3. The van der Waals surface area contributed by atoms with E-state index in [9.17, 15) is 4.79 Å². The molecular weight excluding hydrogens is 480 g/mol. The Morgan fingerprint density at radius 1 is 1.17 bits per heavy atom. The lowest BCUT2D eigenvalue weighted by Crippen LogP contribution is -2.41. The zero-order chi connectivity index (χ0) is 25.1. The summed E-state index contributed by atoms with van der Waals surface area (Å²) in [4.78, 5) is 20.4. The lowest BCUT2D eigenvalue weighted by atomic mass is 10.00. The molecule has 0 radical (unpaired) electrons. The number of halogens is 1. The van der Waals surface area contributed by atoms with Gasteiger partial charge < -0.3 is 14.8 Å². The van der Waals surface area contributed by atoms with Crippen LogP contribution >= 0.6 is 11.6 Å². The fraction of sp³-hybridized carbons (Fsp3) is 0.385. The molecule has 2 aliphatic rings. The molecule has 2 aromatic carbocycles. The Morgan fingerprint density at radius 3 is 2.69 bits per heavy atom. The molecule has 1 atom stereocenters. The van der Waals surface area contributed by atoms with Crippen molar-refractivity contribution in [3.63, 3.8) is 0 Å². The number of carbonyl (C=O) groups is 1. The highest BCUT2D eigenvalue weighted by Gasteiger charge is 2.30. The van der Waals surface area contributed by atoms with Gasteiger partial charge in [0.15, 0.2) is 5.82 Å². The molecule has 0 aliphatic carbocycles. The van der Waals surface area contributed by atoms with E-state index in [0.29, 0.717) is 23.1 Å². The number of morpholine rings is 1. The number of aliphatic imine (C=N–C) groups is 1. The van der Waals surface area contributed by atoms with Crippen molar-refractivity contribution in [2.75, 3.05) is 46.5 Å². The van der Waals surface area contributed by atoms with Crippen molar-refractivity contribution < 1.29 is 14.3 Å². The molecule has 1 aromatic heterocycles. The number of nitrogens with one attached hydrogen (secondary N) is 1. The second-order valence-corrected chi connectivity index (χ2v) is 9.27. The van der Waals surface area contributed by atoms with Crippen LogP contribution in [0, 0.1) is 6.92 Å². The number of nitrogens with zero attached hydrogens (tertiary/aromatic N) is 5. The predicted octanol–water partition coefficient (Wildman–Crippen LogP) is 2.97. The van der Waals surface area contributed by atoms with E-state index >= 15 is 0 Å². The maximum atomic E-state index is 13.0. The quantitative estimate of drug-likeness (QED) is 0.527. The van der Waals surface area contributed by atoms with Crippen LogP contribution in [0.25, 0.3) is 5.69 Å². The summed E-state index contributed by atoms with van der Waals surface area (Å²) < 4.78 is 12.9. The molecule has 0 unspecified atom stereocenters. The number of amides is 1. The number of aryl methyl sites for hydroxylation is 1. The van der Waals surface area contributed by atoms with Gasteiger partial charge in [0, 0.05) is 42.3 Å². The van der Waals surface area contributed by atoms with Crippen LogP contribution in [0.2, 0.25) is 5.02 Å². The van der Waals surface area contributed by atoms with Gasteiger partial charge in [-0.05, 0) is 37.3 Å². The Balaban J connectivity index is 1.47. The molecule has 0 spiro atoms. The standard InChI is InChI=1S/C26H29ClN6O3/c1-17-30-31-26-22(16-24(34)28-9-10-32-11-13-36-14-12-32)29-25(18-3-5-19(27)6-4-18)21-15-20(35-2)7-8-23(21)33(17)26/h3-8,15,22H,9-14,16H2,1-2H3,(H,28,34)/t22-/m0/s1. The number of benzene rings is 2. The largest absolute Gasteiger partial charge is 0.497 e. The SMILES string of the molecule is COc1ccc2c(c1)C(c1ccc(Cl)cc1)=N[C@@H](CC(=O)NCCN1CCOCC1)c1nnc(C)n1-2. The minimum atomic E-state index is -0.515. The van der Waals surface area contributed by atoms with E-state index in [1.807, 2.05) is 54.0 Å². The summed E-state index contributed by atoms with van der Waals surface area (Å²) in [5, 5.41) is 12.4. The highest BCUT2D eigenvalue weighted by molar-refractivity contribution is 6.30. The van der Waals surface area contributed by atoms with E-state index in [0.717, 1.165) is 61.2 Å². The van der Waals surface area contributed by atoms with Crippen molar-refractivity contribution in [1.29, 1.82) is 0 Å². The third kappa shape index (κ3) is 5.13. The van der Waals surface area contributed by atoms with Crippen molar-refractivity contribution in [2.45, 2.75) is 19.4 Å². The van der Waals surface area contributed by atoms with Crippen LogP contribution in [0.15, 0.2) is 47.5 Å². The zero-order valence-corrected chi connectivity index (χ0v) is 21.2. The van der Waals surface area contributed by atoms with Gasteiger partial charge >= 0.3 is 0 Å². The van der Waals surface area contributed by atoms with Gasteiger partial charge in [-0.25, -0.2) is 0 Å². The summed E-state index contributed by atoms with van der Waals surface area (Å²) in [5.41, 5.74) is 3.40. The maximum Gasteiger partial charge on any atom is 0.222 e. The minimum absolute atomic E-state index is 0.0804. The molecule has 1 fully saturated rings. The molecule has 10 heteroatoms. The summed E-state index contributed by atoms with van der Waals surface area (Å²) in [6.07, 6.45) is 0.156. The van der Waals surface area contributed by atoms with E-state index < -0.39 is 6.04 Å². The first-order valence-corrected chi connectivity index (χ1v) is 12.4. The van der Waals surface area contributed by atoms with Crippen LogP contribution in [0.1, 0.15) is 35.2 Å². The van der Waals surface area contributed by atoms with Gasteiger partial charge in [0.1, 0.15) is 17.6 Å². The van der Waals surface area contributed by atoms with E-state index in [-0.39, 0.29) is 12.3 Å². The second kappa shape index (κ2) is 10.8. The molecule has 1 saturated heterocycles. The number of carbonyl (C=O) groups excluding carboxylic acids is 1. The molecule has 188 valence electrons. The zero-order valence-electron chi connectivity index (χ0n) is 20.4. The molecule has 2 aliphatic heterocycles. The molecular formula is C26H29ClN6O3. The normalized spacial score (nSPS) is 17.5. The van der Waals surface area contributed by atoms with Gasteiger partial charge in [-0.1, -0.05) is 23.7 Å². The monoisotopic (exact) mass is 508 g/mol. The number of hydrogen-bond acceptors (Lipinski definition) is 7. The summed E-state index contributed by atoms with van der Waals surface area (Å²) in [6, 6.07) is 12.9. The molecule has 1 amide bonds. The molecule has 5 rings (SSSR count). The predicted molar refractivity (Wildman–Crippen MR) is 137 cm³/mol. The topological polar surface area (TPSA) is 93.9 Å². The number of methoxy groups -OCH3 is 1. The van der Waals surface area contributed by atoms with Crippen LogP contribution in [0.4, 0.5) is 0 Å². The Hall–Kier alpha value is -3.27. The molecule has 0 bridgehead atoms. The molecule has 0 saturated carbocycles. The smallest absolute Gasteiger partial charge is 0.222 e. The number of aromatic nitrogens is 3. The third-order valence-electron chi connectivity index (χ3n) is 6.48. The third-order valence-corrected chi connectivity index (χ3v) is 6.73. The maximum absolute atomic E-state index is 13.0. The van der Waals surface area contributed by atoms with Gasteiger partial charge in [-0.3, -0.25) is 19.3 Å². The summed E-state index contributed by atoms with van der Waals surface area (Å²) in [7, 11) is 1.64. The Kier molecular flexibility index (Phi) is 7.31. The van der Waals surface area contributed by atoms with Crippen LogP contribution in [-0.2, 0) is 9.53 Å². The van der Waals surface area contributed by atoms with Crippen molar-refractivity contribution >= 4 is 23.2 Å². The first kappa shape index (κ1) is 24.4. The minimum Gasteiger partial charge on any atom is -0.497 e. The number of rotatable bonds is 7. The Bertz CT molecular complexity index is 1270. The van der Waals surface area contributed by atoms with Gasteiger partial charge in [0.2, 0.25) is 5.91 Å². The Morgan fingerprint density at radius 2 is 1.94 bits per heavy atom. The number of ether oxygens (including phenoxy) is 2. The molecule has 3 heterocycles. The lowest BCUT2D eigenvalue weighted by molar-refractivity contribution is -0.121. The lowest BCUT2D eigenvalue weighted by Gasteiger charge is -2.26. The van der Waals surface area contributed by atoms with E-state index in [4.69, 9.17) is 26.1 Å². The summed E-state index contributed by atoms with van der Waals surface area (Å²) in [5.74, 6) is 1.98. The molecule has 3 aromatic rings. The first-order chi connectivity index (χ1) is 17.5. The van der Waals surface area contributed by atoms with Gasteiger partial charge in [-0.15, -0.1) is 10.2 Å². The average molecular weight is 509 g/mol. The highest BCUT2D eigenvalue weighted by Crippen LogP contribution is 2.34. The van der Waals surface area contributed by atoms with Crippen molar-refractivity contribution in [1.82, 2.24) is 25.0 Å². The van der Waals surface area contributed by atoms with E-state index in [1.165, 1.54) is 0 Å².